The molecule has 132 valence electrons. The molecule has 1 amide bonds. The Balaban J connectivity index is 1.74. The van der Waals surface area contributed by atoms with Gasteiger partial charge in [-0.3, -0.25) is 9.48 Å². The smallest absolute Gasteiger partial charge is 0.268 e. The quantitative estimate of drug-likeness (QED) is 0.496. The van der Waals surface area contributed by atoms with E-state index in [0.29, 0.717) is 17.1 Å². The summed E-state index contributed by atoms with van der Waals surface area (Å²) in [7, 11) is 1.88. The molecule has 0 atom stereocenters. The van der Waals surface area contributed by atoms with Crippen molar-refractivity contribution in [2.24, 2.45) is 7.05 Å². The van der Waals surface area contributed by atoms with Crippen molar-refractivity contribution < 1.29 is 9.18 Å². The molecule has 0 bridgehead atoms. The zero-order valence-corrected chi connectivity index (χ0v) is 15.9. The molecule has 0 aliphatic rings. The molecule has 0 unspecified atom stereocenters. The maximum atomic E-state index is 13.3. The summed E-state index contributed by atoms with van der Waals surface area (Å²) in [5, 5.41) is 7.37. The van der Waals surface area contributed by atoms with Crippen LogP contribution >= 0.6 is 22.7 Å². The van der Waals surface area contributed by atoms with Crippen LogP contribution in [0.2, 0.25) is 0 Å². The Morgan fingerprint density at radius 2 is 2.04 bits per heavy atom. The summed E-state index contributed by atoms with van der Waals surface area (Å²) in [6, 6.07) is 11.9. The summed E-state index contributed by atoms with van der Waals surface area (Å²) >= 11 is 3.02. The molecule has 7 heteroatoms. The van der Waals surface area contributed by atoms with Gasteiger partial charge in [0.1, 0.15) is 10.6 Å². The number of aryl methyl sites for hydroxylation is 2. The SMILES string of the molecule is Cc1nn(C)c2sc(C(=O)N(Cc3cccs3)c3ccc(F)cc3)cc12. The molecule has 3 aromatic heterocycles. The lowest BCUT2D eigenvalue weighted by atomic mass is 10.2. The maximum Gasteiger partial charge on any atom is 0.268 e. The predicted molar refractivity (Wildman–Crippen MR) is 105 cm³/mol. The number of thiophene rings is 2. The van der Waals surface area contributed by atoms with Gasteiger partial charge in [-0.2, -0.15) is 5.10 Å². The van der Waals surface area contributed by atoms with Crippen molar-refractivity contribution in [3.8, 4) is 0 Å². The van der Waals surface area contributed by atoms with Gasteiger partial charge < -0.3 is 4.90 Å². The van der Waals surface area contributed by atoms with Gasteiger partial charge in [-0.1, -0.05) is 6.07 Å². The first-order valence-corrected chi connectivity index (χ1v) is 9.75. The molecule has 0 fully saturated rings. The minimum Gasteiger partial charge on any atom is -0.302 e. The van der Waals surface area contributed by atoms with Crippen LogP contribution in [0.4, 0.5) is 10.1 Å². The molecule has 4 aromatic rings. The van der Waals surface area contributed by atoms with Gasteiger partial charge in [0.25, 0.3) is 5.91 Å². The molecule has 0 aliphatic carbocycles. The van der Waals surface area contributed by atoms with Gasteiger partial charge in [-0.15, -0.1) is 22.7 Å². The summed E-state index contributed by atoms with van der Waals surface area (Å²) < 4.78 is 15.1. The number of nitrogens with zero attached hydrogens (tertiary/aromatic N) is 3. The molecule has 26 heavy (non-hydrogen) atoms. The fraction of sp³-hybridized carbons (Fsp3) is 0.158. The Morgan fingerprint density at radius 1 is 1.27 bits per heavy atom. The van der Waals surface area contributed by atoms with Crippen molar-refractivity contribution in [2.45, 2.75) is 13.5 Å². The summed E-state index contributed by atoms with van der Waals surface area (Å²) in [6.45, 7) is 2.39. The van der Waals surface area contributed by atoms with E-state index in [9.17, 15) is 9.18 Å². The van der Waals surface area contributed by atoms with Gasteiger partial charge in [-0.25, -0.2) is 4.39 Å². The van der Waals surface area contributed by atoms with Crippen LogP contribution in [0, 0.1) is 12.7 Å². The molecular formula is C19H16FN3OS2. The van der Waals surface area contributed by atoms with E-state index in [0.717, 1.165) is 20.8 Å². The van der Waals surface area contributed by atoms with Gasteiger partial charge in [0.2, 0.25) is 0 Å². The molecular weight excluding hydrogens is 369 g/mol. The van der Waals surface area contributed by atoms with Crippen LogP contribution in [0.1, 0.15) is 20.2 Å². The Labute approximate surface area is 158 Å². The number of carbonyl (C=O) groups is 1. The molecule has 0 radical (unpaired) electrons. The number of hydrogen-bond acceptors (Lipinski definition) is 4. The first-order chi connectivity index (χ1) is 12.5. The lowest BCUT2D eigenvalue weighted by molar-refractivity contribution is 0.0989. The Morgan fingerprint density at radius 3 is 2.69 bits per heavy atom. The molecule has 0 aliphatic heterocycles. The summed E-state index contributed by atoms with van der Waals surface area (Å²) in [5.41, 5.74) is 1.58. The third-order valence-corrected chi connectivity index (χ3v) is 6.24. The number of amides is 1. The van der Waals surface area contributed by atoms with Crippen molar-refractivity contribution in [3.05, 3.63) is 69.1 Å². The van der Waals surface area contributed by atoms with E-state index in [1.54, 1.807) is 33.1 Å². The number of halogens is 1. The van der Waals surface area contributed by atoms with Gasteiger partial charge in [0, 0.05) is 23.0 Å². The monoisotopic (exact) mass is 385 g/mol. The fourth-order valence-electron chi connectivity index (χ4n) is 2.90. The van der Waals surface area contributed by atoms with E-state index in [1.807, 2.05) is 37.6 Å². The van der Waals surface area contributed by atoms with Crippen LogP contribution in [-0.4, -0.2) is 15.7 Å². The molecule has 0 saturated carbocycles. The minimum absolute atomic E-state index is 0.0920. The van der Waals surface area contributed by atoms with Crippen molar-refractivity contribution in [1.29, 1.82) is 0 Å². The van der Waals surface area contributed by atoms with E-state index >= 15 is 0 Å². The van der Waals surface area contributed by atoms with E-state index < -0.39 is 0 Å². The molecule has 0 N–H and O–H groups in total. The van der Waals surface area contributed by atoms with Crippen LogP contribution in [0.3, 0.4) is 0 Å². The van der Waals surface area contributed by atoms with Crippen molar-refractivity contribution in [2.75, 3.05) is 4.90 Å². The number of anilines is 1. The third kappa shape index (κ3) is 3.04. The topological polar surface area (TPSA) is 38.1 Å². The third-order valence-electron chi connectivity index (χ3n) is 4.18. The Kier molecular flexibility index (Phi) is 4.34. The highest BCUT2D eigenvalue weighted by atomic mass is 32.1. The second-order valence-electron chi connectivity index (χ2n) is 5.99. The maximum absolute atomic E-state index is 13.3. The van der Waals surface area contributed by atoms with Crippen LogP contribution < -0.4 is 4.90 Å². The predicted octanol–water partition coefficient (Wildman–Crippen LogP) is 4.99. The second kappa shape index (κ2) is 6.66. The average Bonchev–Trinajstić information content (AvgIpc) is 3.34. The first-order valence-electron chi connectivity index (χ1n) is 8.06. The lowest BCUT2D eigenvalue weighted by Gasteiger charge is -2.21. The molecule has 4 nitrogen and oxygen atoms in total. The van der Waals surface area contributed by atoms with Crippen LogP contribution in [0.5, 0.6) is 0 Å². The molecule has 3 heterocycles. The number of benzene rings is 1. The van der Waals surface area contributed by atoms with Crippen LogP contribution in [0.15, 0.2) is 47.8 Å². The molecule has 4 rings (SSSR count). The Hall–Kier alpha value is -2.51. The summed E-state index contributed by atoms with van der Waals surface area (Å²) in [4.78, 5) is 17.7. The normalized spacial score (nSPS) is 11.2. The van der Waals surface area contributed by atoms with Gasteiger partial charge in [0.05, 0.1) is 17.1 Å². The summed E-state index contributed by atoms with van der Waals surface area (Å²) in [6.07, 6.45) is 0. The largest absolute Gasteiger partial charge is 0.302 e. The molecule has 1 aromatic carbocycles. The van der Waals surface area contributed by atoms with E-state index in [1.165, 1.54) is 23.5 Å². The van der Waals surface area contributed by atoms with Crippen LogP contribution in [0.25, 0.3) is 10.2 Å². The minimum atomic E-state index is -0.319. The van der Waals surface area contributed by atoms with E-state index in [4.69, 9.17) is 0 Å². The molecule has 0 spiro atoms. The highest BCUT2D eigenvalue weighted by Crippen LogP contribution is 2.30. The highest BCUT2D eigenvalue weighted by molar-refractivity contribution is 7.20. The second-order valence-corrected chi connectivity index (χ2v) is 8.05. The molecule has 0 saturated heterocycles. The van der Waals surface area contributed by atoms with Crippen molar-refractivity contribution in [3.63, 3.8) is 0 Å². The summed E-state index contributed by atoms with van der Waals surface area (Å²) in [5.74, 6) is -0.411. The fourth-order valence-corrected chi connectivity index (χ4v) is 4.67. The lowest BCUT2D eigenvalue weighted by Crippen LogP contribution is -2.29. The van der Waals surface area contributed by atoms with Gasteiger partial charge in [-0.05, 0) is 48.7 Å². The Bertz CT molecular complexity index is 1030. The van der Waals surface area contributed by atoms with E-state index in [2.05, 4.69) is 5.10 Å². The van der Waals surface area contributed by atoms with E-state index in [-0.39, 0.29) is 11.7 Å². The number of hydrogen-bond donors (Lipinski definition) is 0. The average molecular weight is 385 g/mol. The van der Waals surface area contributed by atoms with Crippen molar-refractivity contribution >= 4 is 44.5 Å². The standard InChI is InChI=1S/C19H16FN3OS2/c1-12-16-10-17(26-19(16)22(2)21-12)18(24)23(11-15-4-3-9-25-15)14-7-5-13(20)6-8-14/h3-10H,11H2,1-2H3. The highest BCUT2D eigenvalue weighted by Gasteiger charge is 2.22. The van der Waals surface area contributed by atoms with Crippen LogP contribution in [-0.2, 0) is 13.6 Å². The zero-order chi connectivity index (χ0) is 18.3. The number of carbonyl (C=O) groups excluding carboxylic acids is 1. The number of aromatic nitrogens is 2. The number of fused-ring (bicyclic) bond motifs is 1. The van der Waals surface area contributed by atoms with Gasteiger partial charge >= 0.3 is 0 Å². The zero-order valence-electron chi connectivity index (χ0n) is 14.3. The van der Waals surface area contributed by atoms with Crippen molar-refractivity contribution in [1.82, 2.24) is 9.78 Å². The van der Waals surface area contributed by atoms with Gasteiger partial charge in [0.15, 0.2) is 0 Å². The first kappa shape index (κ1) is 16.9. The number of rotatable bonds is 4.